The molecule has 0 spiro atoms. The highest BCUT2D eigenvalue weighted by atomic mass is 19.1. The Morgan fingerprint density at radius 2 is 0.881 bits per heavy atom. The average molecular weight is 955 g/mol. The van der Waals surface area contributed by atoms with Gasteiger partial charge in [-0.15, -0.1) is 0 Å². The highest BCUT2D eigenvalue weighted by molar-refractivity contribution is 5.69. The van der Waals surface area contributed by atoms with E-state index in [0.29, 0.717) is 31.4 Å². The van der Waals surface area contributed by atoms with Crippen molar-refractivity contribution in [3.05, 3.63) is 60.2 Å². The van der Waals surface area contributed by atoms with Gasteiger partial charge in [-0.1, -0.05) is 25.7 Å². The van der Waals surface area contributed by atoms with Gasteiger partial charge in [-0.05, 0) is 162 Å². The van der Waals surface area contributed by atoms with Gasteiger partial charge < -0.3 is 55.6 Å². The van der Waals surface area contributed by atoms with Crippen molar-refractivity contribution in [1.29, 1.82) is 0 Å². The number of nitrogens with one attached hydrogen (secondary N) is 3. The molecule has 0 bridgehead atoms. The zero-order valence-electron chi connectivity index (χ0n) is 46.9. The maximum absolute atomic E-state index is 13.0. The summed E-state index contributed by atoms with van der Waals surface area (Å²) in [6, 6.07) is 9.75. The number of nitrogens with two attached hydrogens (primary N) is 1. The molecular weight excluding hydrogens is 867 g/mol. The average Bonchev–Trinajstić information content (AvgIpc) is 4.07. The van der Waals surface area contributed by atoms with E-state index in [1.54, 1.807) is 41.5 Å². The second-order valence-corrected chi connectivity index (χ2v) is 20.4. The molecule has 16 heteroatoms. The first-order chi connectivity index (χ1) is 33.6. The van der Waals surface area contributed by atoms with E-state index in [2.05, 4.69) is 16.0 Å². The molecule has 4 fully saturated rings. The fourth-order valence-electron chi connectivity index (χ4n) is 7.81. The molecule has 0 heterocycles. The van der Waals surface area contributed by atoms with E-state index in [9.17, 15) is 28.3 Å². The lowest BCUT2D eigenvalue weighted by Crippen LogP contribution is -2.42. The predicted molar refractivity (Wildman–Crippen MR) is 255 cm³/mol. The van der Waals surface area contributed by atoms with E-state index >= 15 is 0 Å². The molecule has 14 nitrogen and oxygen atoms in total. The summed E-state index contributed by atoms with van der Waals surface area (Å²) in [5.74, 6) is -1.36. The smallest absolute Gasteiger partial charge is 0.407 e. The fourth-order valence-corrected chi connectivity index (χ4v) is 7.81. The molecular formula is C51H82F2N4O10. The highest BCUT2D eigenvalue weighted by Crippen LogP contribution is 2.29. The Morgan fingerprint density at radius 1 is 0.552 bits per heavy atom. The maximum Gasteiger partial charge on any atom is 0.407 e. The number of rotatable bonds is 11. The van der Waals surface area contributed by atoms with Crippen molar-refractivity contribution >= 4 is 18.3 Å². The van der Waals surface area contributed by atoms with E-state index in [4.69, 9.17) is 42.7 Å². The number of aliphatic hydroxyl groups excluding tert-OH is 1. The first kappa shape index (κ1) is 47.6. The van der Waals surface area contributed by atoms with Crippen molar-refractivity contribution in [3.8, 4) is 11.5 Å². The predicted octanol–water partition coefficient (Wildman–Crippen LogP) is 9.57. The summed E-state index contributed by atoms with van der Waals surface area (Å²) in [5.41, 5.74) is 4.22. The lowest BCUT2D eigenvalue weighted by Gasteiger charge is -2.24. The zero-order valence-corrected chi connectivity index (χ0v) is 40.9. The number of aliphatic hydroxyl groups is 2. The number of carbonyl (C=O) groups excluding carboxylic acids is 3. The van der Waals surface area contributed by atoms with Crippen LogP contribution in [0.15, 0.2) is 48.5 Å². The molecule has 4 saturated carbocycles. The molecule has 6 rings (SSSR count). The summed E-state index contributed by atoms with van der Waals surface area (Å²) in [7, 11) is 0. The Kier molecular flexibility index (Phi) is 19.6. The number of benzene rings is 2. The maximum atomic E-state index is 13.0. The minimum Gasteiger partial charge on any atom is -0.493 e. The van der Waals surface area contributed by atoms with Crippen molar-refractivity contribution in [2.24, 2.45) is 29.4 Å². The van der Waals surface area contributed by atoms with Crippen molar-refractivity contribution in [2.45, 2.75) is 180 Å². The quantitative estimate of drug-likeness (QED) is 0.117. The van der Waals surface area contributed by atoms with Crippen molar-refractivity contribution in [2.75, 3.05) is 26.3 Å². The number of hydrogen-bond donors (Lipinski definition) is 6. The molecule has 0 radical (unpaired) electrons. The molecule has 4 aliphatic carbocycles. The SMILES string of the molecule is CC(C)(C)OC(=O)N[C@H]1CCC[C@@H]1CO.[2H]C([2H])(O)[C@H]1CCC[C@@H]1NC(=O)OC(C)(C)C.[2H]C([2H])(Oc1ccc(F)cc1)[C@H]1CCC[C@@H]1N.[2H]C([2H])(Oc1ccc(F)cc1)[C@H]1CCC[C@@H]1NC(=O)OC(C)(C)C. The summed E-state index contributed by atoms with van der Waals surface area (Å²) in [6.07, 6.45) is 8.06. The summed E-state index contributed by atoms with van der Waals surface area (Å²) < 4.78 is 98.8. The van der Waals surface area contributed by atoms with Gasteiger partial charge in [0, 0.05) is 61.0 Å². The summed E-state index contributed by atoms with van der Waals surface area (Å²) in [4.78, 5) is 35.0. The second kappa shape index (κ2) is 27.6. The first-order valence-electron chi connectivity index (χ1n) is 26.5. The monoisotopic (exact) mass is 955 g/mol. The van der Waals surface area contributed by atoms with Crippen molar-refractivity contribution in [3.63, 3.8) is 0 Å². The number of ether oxygens (including phenoxy) is 5. The third kappa shape index (κ3) is 23.4. The molecule has 380 valence electrons. The van der Waals surface area contributed by atoms with Crippen LogP contribution in [0.2, 0.25) is 0 Å². The van der Waals surface area contributed by atoms with Gasteiger partial charge in [0.1, 0.15) is 39.9 Å². The van der Waals surface area contributed by atoms with Gasteiger partial charge in [0.2, 0.25) is 0 Å². The van der Waals surface area contributed by atoms with Crippen LogP contribution in [-0.2, 0) is 14.2 Å². The number of amides is 3. The van der Waals surface area contributed by atoms with Crippen LogP contribution in [0.1, 0.15) is 148 Å². The number of alkyl carbamates (subject to hydrolysis) is 3. The van der Waals surface area contributed by atoms with Gasteiger partial charge in [-0.2, -0.15) is 0 Å². The van der Waals surface area contributed by atoms with E-state index in [1.807, 2.05) is 20.8 Å². The molecule has 2 aromatic rings. The Balaban J connectivity index is 0.000000261. The molecule has 8 atom stereocenters. The van der Waals surface area contributed by atoms with Crippen LogP contribution in [0.4, 0.5) is 23.2 Å². The lowest BCUT2D eigenvalue weighted by molar-refractivity contribution is 0.0470. The normalized spacial score (nSPS) is 26.5. The second-order valence-electron chi connectivity index (χ2n) is 20.4. The molecule has 4 aliphatic rings. The minimum atomic E-state index is -2.25. The molecule has 7 N–H and O–H groups in total. The standard InChI is InChI=1S/C17H24FNO3.C12H16FNO.2C11H21NO3/c1-17(2,3)22-16(20)19-15-6-4-5-12(15)11-21-14-9-7-13(18)8-10-14;13-10-4-6-11(7-5-10)15-8-9-2-1-3-12(9)14;2*1-11(2,3)15-10(14)12-9-6-4-5-8(9)7-13/h7-10,12,15H,4-6,11H2,1-3H3,(H,19,20);4-7,9,12H,1-3,8,14H2;2*8-9,13H,4-7H2,1-3H3,(H,12,14)/t12-,15+;9-,12+;2*8-,9+/m1111/s1/i11D2;8D2;7D2;. The van der Waals surface area contributed by atoms with Crippen LogP contribution in [0.5, 0.6) is 11.5 Å². The van der Waals surface area contributed by atoms with E-state index in [0.717, 1.165) is 51.4 Å². The number of carbonyl (C=O) groups is 3. The molecule has 3 amide bonds. The van der Waals surface area contributed by atoms with E-state index in [-0.39, 0.29) is 60.3 Å². The van der Waals surface area contributed by atoms with Gasteiger partial charge in [0.25, 0.3) is 0 Å². The van der Waals surface area contributed by atoms with Crippen molar-refractivity contribution in [1.82, 2.24) is 16.0 Å². The summed E-state index contributed by atoms with van der Waals surface area (Å²) in [6.45, 7) is 10.2. The molecule has 0 aliphatic heterocycles. The van der Waals surface area contributed by atoms with E-state index < -0.39 is 66.3 Å². The van der Waals surface area contributed by atoms with Crippen LogP contribution in [0, 0.1) is 35.3 Å². The number of hydrogen-bond acceptors (Lipinski definition) is 11. The van der Waals surface area contributed by atoms with E-state index in [1.165, 1.54) is 48.5 Å². The van der Waals surface area contributed by atoms with Gasteiger partial charge in [0.05, 0.1) is 21.3 Å². The van der Waals surface area contributed by atoms with Crippen LogP contribution in [0.3, 0.4) is 0 Å². The molecule has 0 unspecified atom stereocenters. The zero-order chi connectivity index (χ0) is 55.2. The van der Waals surface area contributed by atoms with Gasteiger partial charge in [0.15, 0.2) is 0 Å². The minimum absolute atomic E-state index is 0.0739. The van der Waals surface area contributed by atoms with Gasteiger partial charge in [-0.25, -0.2) is 23.2 Å². The van der Waals surface area contributed by atoms with Gasteiger partial charge >= 0.3 is 18.3 Å². The Morgan fingerprint density at radius 3 is 1.24 bits per heavy atom. The summed E-state index contributed by atoms with van der Waals surface area (Å²) >= 11 is 0. The van der Waals surface area contributed by atoms with Crippen LogP contribution in [-0.4, -0.2) is 95.7 Å². The number of halogens is 2. The third-order valence-electron chi connectivity index (χ3n) is 11.1. The summed E-state index contributed by atoms with van der Waals surface area (Å²) in [5, 5.41) is 26.7. The topological polar surface area (TPSA) is 200 Å². The largest absolute Gasteiger partial charge is 0.493 e. The Bertz CT molecular complexity index is 2020. The highest BCUT2D eigenvalue weighted by Gasteiger charge is 2.32. The van der Waals surface area contributed by atoms with Gasteiger partial charge in [-0.3, -0.25) is 0 Å². The van der Waals surface area contributed by atoms with Crippen LogP contribution < -0.4 is 31.2 Å². The first-order valence-corrected chi connectivity index (χ1v) is 23.5. The molecule has 2 aromatic carbocycles. The Labute approximate surface area is 406 Å². The molecule has 0 aromatic heterocycles. The van der Waals surface area contributed by atoms with Crippen molar-refractivity contribution < 1.29 is 65.3 Å². The van der Waals surface area contributed by atoms with Crippen LogP contribution in [0.25, 0.3) is 0 Å². The molecule has 0 saturated heterocycles. The molecule has 67 heavy (non-hydrogen) atoms. The lowest BCUT2D eigenvalue weighted by atomic mass is 10.1. The van der Waals surface area contributed by atoms with Crippen LogP contribution >= 0.6 is 0 Å². The third-order valence-corrected chi connectivity index (χ3v) is 11.1. The fraction of sp³-hybridized carbons (Fsp3) is 0.706. The Hall–Kier alpha value is -4.41.